The first kappa shape index (κ1) is 20.7. The Kier molecular flexibility index (Phi) is 5.70. The van der Waals surface area contributed by atoms with E-state index in [1.807, 2.05) is 32.9 Å². The van der Waals surface area contributed by atoms with E-state index in [2.05, 4.69) is 35.1 Å². The van der Waals surface area contributed by atoms with Gasteiger partial charge in [0.1, 0.15) is 5.60 Å². The van der Waals surface area contributed by atoms with Gasteiger partial charge in [0, 0.05) is 36.1 Å². The van der Waals surface area contributed by atoms with Gasteiger partial charge >= 0.3 is 6.09 Å². The number of benzene rings is 1. The molecule has 1 atom stereocenters. The highest BCUT2D eigenvalue weighted by molar-refractivity contribution is 7.10. The number of alkyl carbamates (subject to hydrolysis) is 1. The maximum Gasteiger partial charge on any atom is 0.407 e. The number of rotatable bonds is 5. The smallest absolute Gasteiger partial charge is 0.407 e. The third-order valence-electron chi connectivity index (χ3n) is 4.73. The van der Waals surface area contributed by atoms with Crippen molar-refractivity contribution in [2.75, 3.05) is 23.3 Å². The molecule has 4 rings (SSSR count). The van der Waals surface area contributed by atoms with Crippen LogP contribution in [0.4, 0.5) is 21.6 Å². The molecule has 1 aliphatic rings. The molecule has 11 heteroatoms. The molecule has 9 nitrogen and oxygen atoms in total. The van der Waals surface area contributed by atoms with Crippen LogP contribution in [-0.4, -0.2) is 50.4 Å². The first-order valence-corrected chi connectivity index (χ1v) is 10.9. The lowest BCUT2D eigenvalue weighted by Crippen LogP contribution is -2.42. The number of carbonyl (C=O) groups is 1. The molecule has 3 N–H and O–H groups in total. The zero-order chi connectivity index (χ0) is 21.3. The van der Waals surface area contributed by atoms with E-state index in [0.29, 0.717) is 22.6 Å². The molecule has 0 unspecified atom stereocenters. The number of aromatic nitrogens is 4. The number of nitrogens with one attached hydrogen (secondary N) is 3. The largest absolute Gasteiger partial charge is 0.444 e. The number of anilines is 3. The van der Waals surface area contributed by atoms with Crippen LogP contribution in [0.25, 0.3) is 10.9 Å². The minimum atomic E-state index is -0.517. The number of fused-ring (bicyclic) bond motifs is 1. The van der Waals surface area contributed by atoms with E-state index in [9.17, 15) is 4.79 Å². The van der Waals surface area contributed by atoms with Gasteiger partial charge in [-0.1, -0.05) is 11.6 Å². The quantitative estimate of drug-likeness (QED) is 0.532. The molecule has 0 radical (unpaired) electrons. The van der Waals surface area contributed by atoms with Gasteiger partial charge in [0.25, 0.3) is 0 Å². The van der Waals surface area contributed by atoms with Gasteiger partial charge in [-0.05, 0) is 45.7 Å². The fraction of sp³-hybridized carbons (Fsp3) is 0.474. The maximum absolute atomic E-state index is 12.0. The van der Waals surface area contributed by atoms with Gasteiger partial charge in [-0.2, -0.15) is 14.5 Å². The molecule has 1 aromatic carbocycles. The van der Waals surface area contributed by atoms with Gasteiger partial charge in [-0.25, -0.2) is 4.79 Å². The van der Waals surface area contributed by atoms with Crippen molar-refractivity contribution in [1.82, 2.24) is 24.9 Å². The van der Waals surface area contributed by atoms with Gasteiger partial charge in [0.15, 0.2) is 0 Å². The molecule has 0 spiro atoms. The molecule has 0 bridgehead atoms. The van der Waals surface area contributed by atoms with Crippen molar-refractivity contribution in [2.45, 2.75) is 45.3 Å². The zero-order valence-corrected chi connectivity index (χ0v) is 18.6. The summed E-state index contributed by atoms with van der Waals surface area (Å²) in [6.45, 7) is 6.87. The molecule has 3 aromatic rings. The first-order valence-electron chi connectivity index (χ1n) is 9.76. The van der Waals surface area contributed by atoms with Crippen molar-refractivity contribution in [2.24, 2.45) is 0 Å². The van der Waals surface area contributed by atoms with Crippen LogP contribution in [0.1, 0.15) is 33.6 Å². The molecule has 1 aliphatic heterocycles. The van der Waals surface area contributed by atoms with E-state index in [4.69, 9.17) is 16.3 Å². The van der Waals surface area contributed by atoms with Crippen molar-refractivity contribution in [3.63, 3.8) is 0 Å². The maximum atomic E-state index is 12.0. The predicted molar refractivity (Wildman–Crippen MR) is 119 cm³/mol. The van der Waals surface area contributed by atoms with Gasteiger partial charge < -0.3 is 20.3 Å². The summed E-state index contributed by atoms with van der Waals surface area (Å²) in [6.07, 6.45) is 3.26. The van der Waals surface area contributed by atoms with Crippen molar-refractivity contribution >= 4 is 56.9 Å². The first-order chi connectivity index (χ1) is 14.3. The van der Waals surface area contributed by atoms with E-state index in [1.165, 1.54) is 11.5 Å². The van der Waals surface area contributed by atoms with E-state index in [1.54, 1.807) is 6.20 Å². The zero-order valence-electron chi connectivity index (χ0n) is 17.0. The summed E-state index contributed by atoms with van der Waals surface area (Å²) in [6, 6.07) is 3.93. The molecule has 1 amide bonds. The van der Waals surface area contributed by atoms with Crippen LogP contribution >= 0.6 is 23.1 Å². The number of hydrogen-bond acceptors (Lipinski definition) is 8. The standard InChI is InChI=1S/C19H24ClN7O2S/c1-19(2,3)29-18(28)21-9-11-5-4-8-27(11)16-24-17(30-26-16)23-14-7-6-13-12(15(14)20)10-22-25-13/h6-7,10-11H,4-5,8-9H2,1-3H3,(H,21,28)(H,22,25)(H,23,24,26)/t11-/m0/s1. The van der Waals surface area contributed by atoms with Gasteiger partial charge in [-0.3, -0.25) is 5.10 Å². The topological polar surface area (TPSA) is 108 Å². The third-order valence-corrected chi connectivity index (χ3v) is 5.76. The Hall–Kier alpha value is -2.59. The van der Waals surface area contributed by atoms with Gasteiger partial charge in [-0.15, -0.1) is 0 Å². The van der Waals surface area contributed by atoms with Crippen LogP contribution in [0.15, 0.2) is 18.3 Å². The van der Waals surface area contributed by atoms with E-state index < -0.39 is 11.7 Å². The molecule has 2 aromatic heterocycles. The van der Waals surface area contributed by atoms with E-state index in [0.717, 1.165) is 36.0 Å². The summed E-state index contributed by atoms with van der Waals surface area (Å²) < 4.78 is 9.82. The van der Waals surface area contributed by atoms with Crippen LogP contribution in [-0.2, 0) is 4.74 Å². The monoisotopic (exact) mass is 449 g/mol. The third kappa shape index (κ3) is 4.59. The highest BCUT2D eigenvalue weighted by Gasteiger charge is 2.28. The minimum absolute atomic E-state index is 0.130. The molecular formula is C19H24ClN7O2S. The molecular weight excluding hydrogens is 426 g/mol. The summed E-state index contributed by atoms with van der Waals surface area (Å²) in [7, 11) is 0. The average Bonchev–Trinajstić information content (AvgIpc) is 3.41. The molecule has 1 fully saturated rings. The Morgan fingerprint density at radius 2 is 2.27 bits per heavy atom. The number of hydrogen-bond donors (Lipinski definition) is 3. The predicted octanol–water partition coefficient (Wildman–Crippen LogP) is 4.30. The number of carbonyl (C=O) groups excluding carboxylic acids is 1. The summed E-state index contributed by atoms with van der Waals surface area (Å²) in [4.78, 5) is 18.7. The van der Waals surface area contributed by atoms with Crippen LogP contribution in [0.2, 0.25) is 5.02 Å². The fourth-order valence-corrected chi connectivity index (χ4v) is 4.26. The summed E-state index contributed by atoms with van der Waals surface area (Å²) in [5.41, 5.74) is 1.11. The van der Waals surface area contributed by atoms with Crippen LogP contribution in [0.3, 0.4) is 0 Å². The summed E-state index contributed by atoms with van der Waals surface area (Å²) in [5.74, 6) is 0.650. The Morgan fingerprint density at radius 3 is 3.07 bits per heavy atom. The second kappa shape index (κ2) is 8.27. The Labute approximate surface area is 183 Å². The second-order valence-corrected chi connectivity index (χ2v) is 9.28. The molecule has 30 heavy (non-hydrogen) atoms. The number of H-pyrrole nitrogens is 1. The average molecular weight is 450 g/mol. The Morgan fingerprint density at radius 1 is 1.43 bits per heavy atom. The second-order valence-electron chi connectivity index (χ2n) is 8.16. The van der Waals surface area contributed by atoms with Gasteiger partial charge in [0.2, 0.25) is 11.1 Å². The van der Waals surface area contributed by atoms with Crippen molar-refractivity contribution in [1.29, 1.82) is 0 Å². The van der Waals surface area contributed by atoms with Crippen LogP contribution in [0.5, 0.6) is 0 Å². The Balaban J connectivity index is 1.41. The number of ether oxygens (including phenoxy) is 1. The van der Waals surface area contributed by atoms with Crippen molar-refractivity contribution < 1.29 is 9.53 Å². The molecule has 3 heterocycles. The van der Waals surface area contributed by atoms with Crippen LogP contribution < -0.4 is 15.5 Å². The lowest BCUT2D eigenvalue weighted by molar-refractivity contribution is 0.0525. The lowest BCUT2D eigenvalue weighted by atomic mass is 10.2. The highest BCUT2D eigenvalue weighted by atomic mass is 35.5. The van der Waals surface area contributed by atoms with E-state index in [-0.39, 0.29) is 6.04 Å². The lowest BCUT2D eigenvalue weighted by Gasteiger charge is -2.25. The van der Waals surface area contributed by atoms with Crippen molar-refractivity contribution in [3.05, 3.63) is 23.4 Å². The number of aromatic amines is 1. The fourth-order valence-electron chi connectivity index (χ4n) is 3.40. The SMILES string of the molecule is CC(C)(C)OC(=O)NC[C@@H]1CCCN1c1nsc(Nc2ccc3[nH]ncc3c2Cl)n1. The Bertz CT molecular complexity index is 1050. The normalized spacial score (nSPS) is 16.8. The molecule has 160 valence electrons. The minimum Gasteiger partial charge on any atom is -0.444 e. The van der Waals surface area contributed by atoms with Crippen molar-refractivity contribution in [3.8, 4) is 0 Å². The molecule has 0 saturated carbocycles. The highest BCUT2D eigenvalue weighted by Crippen LogP contribution is 2.33. The molecule has 0 aliphatic carbocycles. The number of nitrogens with zero attached hydrogens (tertiary/aromatic N) is 4. The van der Waals surface area contributed by atoms with E-state index >= 15 is 0 Å². The molecule has 1 saturated heterocycles. The van der Waals surface area contributed by atoms with Gasteiger partial charge in [0.05, 0.1) is 22.4 Å². The van der Waals surface area contributed by atoms with Crippen LogP contribution in [0, 0.1) is 0 Å². The summed E-state index contributed by atoms with van der Waals surface area (Å²) >= 11 is 7.75. The number of amides is 1. The number of halogens is 1. The summed E-state index contributed by atoms with van der Waals surface area (Å²) in [5, 5.41) is 15.1.